The van der Waals surface area contributed by atoms with Crippen LogP contribution in [0, 0.1) is 0 Å². The highest BCUT2D eigenvalue weighted by Crippen LogP contribution is 2.31. The number of carbonyl (C=O) groups excluding carboxylic acids is 1. The maximum atomic E-state index is 12.7. The zero-order valence-corrected chi connectivity index (χ0v) is 15.0. The van der Waals surface area contributed by atoms with Crippen LogP contribution in [0.5, 0.6) is 0 Å². The first-order chi connectivity index (χ1) is 12.1. The van der Waals surface area contributed by atoms with Gasteiger partial charge in [0.1, 0.15) is 11.4 Å². The van der Waals surface area contributed by atoms with Gasteiger partial charge in [-0.2, -0.15) is 0 Å². The summed E-state index contributed by atoms with van der Waals surface area (Å²) in [6.07, 6.45) is 3.54. The predicted octanol–water partition coefficient (Wildman–Crippen LogP) is 3.40. The molecular weight excluding hydrogens is 358 g/mol. The van der Waals surface area contributed by atoms with Crippen LogP contribution in [0.25, 0.3) is 20.7 Å². The molecule has 0 atom stereocenters. The zero-order chi connectivity index (χ0) is 17.4. The number of carbonyl (C=O) groups is 1. The highest BCUT2D eigenvalue weighted by atomic mass is 35.5. The average molecular weight is 374 g/mol. The Morgan fingerprint density at radius 2 is 1.92 bits per heavy atom. The molecule has 0 bridgehead atoms. The fraction of sp³-hybridized carbons (Fsp3) is 0.278. The average Bonchev–Trinajstić information content (AvgIpc) is 3.28. The van der Waals surface area contributed by atoms with E-state index in [0.717, 1.165) is 36.4 Å². The van der Waals surface area contributed by atoms with E-state index in [-0.39, 0.29) is 18.0 Å². The molecule has 1 saturated heterocycles. The van der Waals surface area contributed by atoms with Crippen molar-refractivity contribution in [2.45, 2.75) is 19.4 Å². The lowest BCUT2D eigenvalue weighted by atomic mass is 10.2. The Morgan fingerprint density at radius 1 is 1.20 bits per heavy atom. The third kappa shape index (κ3) is 3.19. The number of amides is 1. The summed E-state index contributed by atoms with van der Waals surface area (Å²) in [5.74, 6) is -0.0195. The van der Waals surface area contributed by atoms with E-state index in [1.54, 1.807) is 0 Å². The first kappa shape index (κ1) is 16.3. The number of nitrogens with zero attached hydrogens (tertiary/aromatic N) is 3. The quantitative estimate of drug-likeness (QED) is 0.707. The standard InChI is InChI=1S/C18H16ClN3O2S/c19-13-5-3-12(4-6-13)15-9-14-17(25-15)20-11-22(18(14)24)10-16(23)21-7-1-2-8-21/h3-6,9,11H,1-2,7-8,10H2. The second-order valence-corrected chi connectivity index (χ2v) is 7.57. The Morgan fingerprint density at radius 3 is 2.64 bits per heavy atom. The van der Waals surface area contributed by atoms with Crippen molar-refractivity contribution in [1.29, 1.82) is 0 Å². The molecular formula is C18H16ClN3O2S. The first-order valence-electron chi connectivity index (χ1n) is 8.14. The fourth-order valence-electron chi connectivity index (χ4n) is 3.04. The molecule has 25 heavy (non-hydrogen) atoms. The minimum atomic E-state index is -0.172. The smallest absolute Gasteiger partial charge is 0.262 e. The Bertz CT molecular complexity index is 988. The molecule has 3 aromatic rings. The Hall–Kier alpha value is -2.18. The van der Waals surface area contributed by atoms with E-state index >= 15 is 0 Å². The lowest BCUT2D eigenvalue weighted by Crippen LogP contribution is -2.34. The van der Waals surface area contributed by atoms with Crippen molar-refractivity contribution in [1.82, 2.24) is 14.5 Å². The summed E-state index contributed by atoms with van der Waals surface area (Å²) in [5, 5.41) is 1.22. The third-order valence-corrected chi connectivity index (χ3v) is 5.76. The molecule has 128 valence electrons. The number of fused-ring (bicyclic) bond motifs is 1. The molecule has 2 aromatic heterocycles. The van der Waals surface area contributed by atoms with Gasteiger partial charge in [0.25, 0.3) is 5.56 Å². The van der Waals surface area contributed by atoms with Crippen LogP contribution in [0.2, 0.25) is 5.02 Å². The minimum absolute atomic E-state index is 0.0195. The molecule has 1 aliphatic rings. The van der Waals surface area contributed by atoms with Crippen molar-refractivity contribution in [3.63, 3.8) is 0 Å². The van der Waals surface area contributed by atoms with Crippen molar-refractivity contribution in [2.75, 3.05) is 13.1 Å². The third-order valence-electron chi connectivity index (χ3n) is 4.41. The lowest BCUT2D eigenvalue weighted by molar-refractivity contribution is -0.130. The van der Waals surface area contributed by atoms with Crippen LogP contribution in [0.15, 0.2) is 41.5 Å². The van der Waals surface area contributed by atoms with Crippen molar-refractivity contribution < 1.29 is 4.79 Å². The molecule has 0 aliphatic carbocycles. The second-order valence-electron chi connectivity index (χ2n) is 6.10. The molecule has 4 rings (SSSR count). The van der Waals surface area contributed by atoms with Crippen LogP contribution < -0.4 is 5.56 Å². The van der Waals surface area contributed by atoms with Crippen molar-refractivity contribution >= 4 is 39.1 Å². The number of likely N-dealkylation sites (tertiary alicyclic amines) is 1. The summed E-state index contributed by atoms with van der Waals surface area (Å²) in [4.78, 5) is 32.8. The van der Waals surface area contributed by atoms with Crippen LogP contribution in [-0.2, 0) is 11.3 Å². The molecule has 1 fully saturated rings. The van der Waals surface area contributed by atoms with Gasteiger partial charge in [0.15, 0.2) is 0 Å². The van der Waals surface area contributed by atoms with Gasteiger partial charge in [-0.15, -0.1) is 11.3 Å². The summed E-state index contributed by atoms with van der Waals surface area (Å²) in [6.45, 7) is 1.61. The van der Waals surface area contributed by atoms with Crippen molar-refractivity contribution in [3.8, 4) is 10.4 Å². The molecule has 1 aromatic carbocycles. The Kier molecular flexibility index (Phi) is 4.31. The second kappa shape index (κ2) is 6.61. The van der Waals surface area contributed by atoms with Crippen molar-refractivity contribution in [2.24, 2.45) is 0 Å². The van der Waals surface area contributed by atoms with E-state index < -0.39 is 0 Å². The topological polar surface area (TPSA) is 55.2 Å². The van der Waals surface area contributed by atoms with E-state index in [2.05, 4.69) is 4.98 Å². The van der Waals surface area contributed by atoms with E-state index in [1.165, 1.54) is 22.2 Å². The number of aromatic nitrogens is 2. The number of hydrogen-bond acceptors (Lipinski definition) is 4. The van der Waals surface area contributed by atoms with Gasteiger partial charge in [-0.05, 0) is 36.6 Å². The number of hydrogen-bond donors (Lipinski definition) is 0. The molecule has 0 saturated carbocycles. The van der Waals surface area contributed by atoms with E-state index in [1.807, 2.05) is 35.2 Å². The SMILES string of the molecule is O=C(Cn1cnc2sc(-c3ccc(Cl)cc3)cc2c1=O)N1CCCC1. The van der Waals surface area contributed by atoms with E-state index in [4.69, 9.17) is 11.6 Å². The number of thiophene rings is 1. The molecule has 3 heterocycles. The highest BCUT2D eigenvalue weighted by molar-refractivity contribution is 7.21. The van der Waals surface area contributed by atoms with Crippen LogP contribution in [0.3, 0.4) is 0 Å². The van der Waals surface area contributed by atoms with Crippen molar-refractivity contribution in [3.05, 3.63) is 52.0 Å². The molecule has 1 amide bonds. The van der Waals surface area contributed by atoms with Gasteiger partial charge in [-0.3, -0.25) is 14.2 Å². The number of rotatable bonds is 3. The molecule has 0 N–H and O–H groups in total. The van der Waals surface area contributed by atoms with E-state index in [0.29, 0.717) is 15.2 Å². The van der Waals surface area contributed by atoms with Crippen LogP contribution in [0.1, 0.15) is 12.8 Å². The first-order valence-corrected chi connectivity index (χ1v) is 9.34. The molecule has 5 nitrogen and oxygen atoms in total. The van der Waals surface area contributed by atoms with Gasteiger partial charge >= 0.3 is 0 Å². The summed E-state index contributed by atoms with van der Waals surface area (Å²) in [7, 11) is 0. The van der Waals surface area contributed by atoms with Gasteiger partial charge in [0.2, 0.25) is 5.91 Å². The fourth-order valence-corrected chi connectivity index (χ4v) is 4.16. The summed E-state index contributed by atoms with van der Waals surface area (Å²) >= 11 is 7.39. The minimum Gasteiger partial charge on any atom is -0.341 e. The van der Waals surface area contributed by atoms with Crippen LogP contribution >= 0.6 is 22.9 Å². The zero-order valence-electron chi connectivity index (χ0n) is 13.4. The van der Waals surface area contributed by atoms with Gasteiger partial charge in [-0.1, -0.05) is 23.7 Å². The Labute approximate surface area is 153 Å². The van der Waals surface area contributed by atoms with E-state index in [9.17, 15) is 9.59 Å². The predicted molar refractivity (Wildman–Crippen MR) is 100 cm³/mol. The summed E-state index contributed by atoms with van der Waals surface area (Å²) in [5.41, 5.74) is 0.820. The summed E-state index contributed by atoms with van der Waals surface area (Å²) < 4.78 is 1.40. The van der Waals surface area contributed by atoms with Gasteiger partial charge in [-0.25, -0.2) is 4.98 Å². The molecule has 0 spiro atoms. The molecule has 0 radical (unpaired) electrons. The molecule has 0 unspecified atom stereocenters. The number of benzene rings is 1. The van der Waals surface area contributed by atoms with Gasteiger partial charge < -0.3 is 4.90 Å². The normalized spacial score (nSPS) is 14.4. The maximum Gasteiger partial charge on any atom is 0.262 e. The van der Waals surface area contributed by atoms with Crippen LogP contribution in [-0.4, -0.2) is 33.4 Å². The monoisotopic (exact) mass is 373 g/mol. The molecule has 1 aliphatic heterocycles. The molecule has 7 heteroatoms. The lowest BCUT2D eigenvalue weighted by Gasteiger charge is -2.15. The van der Waals surface area contributed by atoms with Gasteiger partial charge in [0.05, 0.1) is 11.7 Å². The number of halogens is 1. The highest BCUT2D eigenvalue weighted by Gasteiger charge is 2.19. The Balaban J connectivity index is 1.66. The largest absolute Gasteiger partial charge is 0.341 e. The summed E-state index contributed by atoms with van der Waals surface area (Å²) in [6, 6.07) is 9.32. The van der Waals surface area contributed by atoms with Crippen LogP contribution in [0.4, 0.5) is 0 Å². The maximum absolute atomic E-state index is 12.7. The van der Waals surface area contributed by atoms with Gasteiger partial charge in [0, 0.05) is 23.0 Å².